The normalized spacial score (nSPS) is 22.3. The van der Waals surface area contributed by atoms with Gasteiger partial charge in [-0.05, 0) is 135 Å². The van der Waals surface area contributed by atoms with Crippen LogP contribution in [-0.4, -0.2) is 126 Å². The lowest BCUT2D eigenvalue weighted by Gasteiger charge is -2.33. The number of anilines is 1. The minimum atomic E-state index is -0.709. The van der Waals surface area contributed by atoms with Gasteiger partial charge in [0.05, 0.1) is 55.1 Å². The molecule has 374 valence electrons. The first-order valence-electron chi connectivity index (χ1n) is 25.6. The van der Waals surface area contributed by atoms with Crippen LogP contribution >= 0.6 is 0 Å². The van der Waals surface area contributed by atoms with Gasteiger partial charge in [-0.15, -0.1) is 0 Å². The van der Waals surface area contributed by atoms with Gasteiger partial charge in [0.15, 0.2) is 0 Å². The van der Waals surface area contributed by atoms with E-state index >= 15 is 0 Å². The van der Waals surface area contributed by atoms with Crippen molar-refractivity contribution < 1.29 is 33.4 Å². The number of nitrogens with zero attached hydrogens (tertiary/aromatic N) is 6. The zero-order valence-electron chi connectivity index (χ0n) is 41.7. The second kappa shape index (κ2) is 21.5. The molecule has 6 heterocycles. The quantitative estimate of drug-likeness (QED) is 0.105. The van der Waals surface area contributed by atoms with E-state index in [1.807, 2.05) is 37.5 Å². The molecule has 16 heteroatoms. The number of rotatable bonds is 15. The first-order chi connectivity index (χ1) is 33.9. The maximum atomic E-state index is 14.0. The highest BCUT2D eigenvalue weighted by Crippen LogP contribution is 2.49. The van der Waals surface area contributed by atoms with Crippen LogP contribution in [0.5, 0.6) is 5.75 Å². The molecule has 70 heavy (non-hydrogen) atoms. The van der Waals surface area contributed by atoms with E-state index < -0.39 is 24.3 Å². The van der Waals surface area contributed by atoms with Crippen LogP contribution < -0.4 is 20.3 Å². The third kappa shape index (κ3) is 10.3. The lowest BCUT2D eigenvalue weighted by Crippen LogP contribution is -2.53. The summed E-state index contributed by atoms with van der Waals surface area (Å²) in [4.78, 5) is 75.1. The van der Waals surface area contributed by atoms with E-state index in [4.69, 9.17) is 24.2 Å². The van der Waals surface area contributed by atoms with Gasteiger partial charge in [-0.25, -0.2) is 14.6 Å². The van der Waals surface area contributed by atoms with Gasteiger partial charge in [-0.1, -0.05) is 52.3 Å². The smallest absolute Gasteiger partial charge is 0.407 e. The van der Waals surface area contributed by atoms with Crippen molar-refractivity contribution in [1.29, 1.82) is 0 Å². The molecule has 0 aliphatic carbocycles. The Balaban J connectivity index is 0.980. The van der Waals surface area contributed by atoms with E-state index in [-0.39, 0.29) is 47.8 Å². The predicted molar refractivity (Wildman–Crippen MR) is 270 cm³/mol. The molecule has 5 aliphatic heterocycles. The van der Waals surface area contributed by atoms with Crippen LogP contribution in [0.3, 0.4) is 0 Å². The fourth-order valence-electron chi connectivity index (χ4n) is 11.5. The Bertz CT molecular complexity index is 2550. The highest BCUT2D eigenvalue weighted by Gasteiger charge is 2.41. The molecular weight excluding hydrogens is 887 g/mol. The molecule has 16 nitrogen and oxygen atoms in total. The average molecular weight is 958 g/mol. The van der Waals surface area contributed by atoms with Gasteiger partial charge < -0.3 is 44.5 Å². The molecule has 4 saturated heterocycles. The molecule has 4 fully saturated rings. The Hall–Kier alpha value is -6.16. The van der Waals surface area contributed by atoms with Crippen molar-refractivity contribution in [2.45, 2.75) is 128 Å². The van der Waals surface area contributed by atoms with E-state index in [1.165, 1.54) is 44.6 Å². The summed E-state index contributed by atoms with van der Waals surface area (Å²) in [5.41, 5.74) is 8.31. The average Bonchev–Trinajstić information content (AvgIpc) is 4.23. The number of aromatic nitrogens is 2. The number of methoxy groups -OCH3 is 2. The van der Waals surface area contributed by atoms with Crippen LogP contribution in [0.1, 0.15) is 126 Å². The minimum Gasteiger partial charge on any atom is -0.492 e. The molecule has 0 spiro atoms. The van der Waals surface area contributed by atoms with E-state index in [0.717, 1.165) is 103 Å². The number of nitrogens with one attached hydrogen (secondary N) is 3. The number of ether oxygens (including phenoxy) is 3. The molecule has 0 saturated carbocycles. The molecular formula is C54H71N9O7. The highest BCUT2D eigenvalue weighted by atomic mass is 16.5. The van der Waals surface area contributed by atoms with Crippen molar-refractivity contribution in [2.75, 3.05) is 58.5 Å². The number of carbonyl (C=O) groups is 4. The van der Waals surface area contributed by atoms with Crippen molar-refractivity contribution in [1.82, 2.24) is 35.3 Å². The molecule has 1 unspecified atom stereocenters. The van der Waals surface area contributed by atoms with Gasteiger partial charge >= 0.3 is 12.2 Å². The maximum Gasteiger partial charge on any atom is 0.407 e. The summed E-state index contributed by atoms with van der Waals surface area (Å²) in [7, 11) is 2.62. The Morgan fingerprint density at radius 2 is 1.29 bits per heavy atom. The van der Waals surface area contributed by atoms with Crippen molar-refractivity contribution in [3.8, 4) is 5.75 Å². The number of amides is 4. The summed E-state index contributed by atoms with van der Waals surface area (Å²) in [6, 6.07) is 20.1. The molecule has 1 aromatic heterocycles. The Kier molecular flexibility index (Phi) is 15.0. The zero-order chi connectivity index (χ0) is 49.1. The number of carbonyl (C=O) groups excluding carboxylic acids is 4. The van der Waals surface area contributed by atoms with Crippen molar-refractivity contribution >= 4 is 52.1 Å². The van der Waals surface area contributed by atoms with Crippen LogP contribution in [0.4, 0.5) is 21.0 Å². The number of piperidine rings is 1. The third-order valence-corrected chi connectivity index (χ3v) is 15.2. The van der Waals surface area contributed by atoms with Gasteiger partial charge in [0.25, 0.3) is 0 Å². The number of imidazole rings is 1. The van der Waals surface area contributed by atoms with Gasteiger partial charge in [-0.3, -0.25) is 19.5 Å². The maximum absolute atomic E-state index is 14.0. The van der Waals surface area contributed by atoms with Crippen molar-refractivity contribution in [2.24, 2.45) is 16.8 Å². The number of alkyl carbamates (subject to hydrolysis) is 2. The molecule has 0 bridgehead atoms. The summed E-state index contributed by atoms with van der Waals surface area (Å²) in [5.74, 6) is 1.14. The van der Waals surface area contributed by atoms with Gasteiger partial charge in [0, 0.05) is 37.5 Å². The Morgan fingerprint density at radius 3 is 1.91 bits per heavy atom. The van der Waals surface area contributed by atoms with Gasteiger partial charge in [0.1, 0.15) is 30.3 Å². The van der Waals surface area contributed by atoms with Crippen LogP contribution in [0.2, 0.25) is 0 Å². The number of benzene rings is 3. The van der Waals surface area contributed by atoms with E-state index in [9.17, 15) is 19.2 Å². The van der Waals surface area contributed by atoms with Gasteiger partial charge in [0.2, 0.25) is 11.8 Å². The van der Waals surface area contributed by atoms with Crippen molar-refractivity contribution in [3.63, 3.8) is 0 Å². The zero-order valence-corrected chi connectivity index (χ0v) is 41.7. The van der Waals surface area contributed by atoms with Gasteiger partial charge in [-0.2, -0.15) is 0 Å². The topological polar surface area (TPSA) is 174 Å². The van der Waals surface area contributed by atoms with Crippen LogP contribution in [0, 0.1) is 11.8 Å². The number of hydrogen-bond acceptors (Lipinski definition) is 11. The molecule has 6 atom stereocenters. The second-order valence-electron chi connectivity index (χ2n) is 20.4. The van der Waals surface area contributed by atoms with E-state index in [2.05, 4.69) is 86.1 Å². The third-order valence-electron chi connectivity index (χ3n) is 15.2. The fourth-order valence-corrected chi connectivity index (χ4v) is 11.5. The monoisotopic (exact) mass is 958 g/mol. The lowest BCUT2D eigenvalue weighted by atomic mass is 9.98. The van der Waals surface area contributed by atoms with E-state index in [1.54, 1.807) is 0 Å². The van der Waals surface area contributed by atoms with Crippen LogP contribution in [-0.2, 0) is 25.5 Å². The summed E-state index contributed by atoms with van der Waals surface area (Å²) in [6.07, 6.45) is 8.43. The minimum absolute atomic E-state index is 0.0469. The molecule has 4 amide bonds. The number of aliphatic imine (C=N–C) groups is 1. The summed E-state index contributed by atoms with van der Waals surface area (Å²) in [5, 5.41) is 5.52. The molecule has 0 radical (unpaired) electrons. The number of H-pyrrole nitrogens is 1. The number of aromatic amines is 1. The summed E-state index contributed by atoms with van der Waals surface area (Å²) >= 11 is 0. The first-order valence-corrected chi connectivity index (χ1v) is 25.6. The van der Waals surface area contributed by atoms with Crippen LogP contribution in [0.25, 0.3) is 11.0 Å². The summed E-state index contributed by atoms with van der Waals surface area (Å²) < 4.78 is 16.0. The standard InChI is InChI=1S/C54H71N9O7/c1-33(2)48(58-53(66)68-5)51(64)61-26-10-12-46(61)43-30-35-14-15-36(31-41(35)55-43)44-22-23-45(63(44)38-17-19-39(20-18-38)70-29-28-60-24-8-7-9-25-60)37-16-21-40-42(32-37)57-50(56-40)47-13-11-27-62(47)52(65)49(34(3)4)59-54(67)69-6/h14-21,31-34,44-49H,7-13,22-30H2,1-6H3,(H,56,57)(H,58,66)(H,59,67)/t44-,45-,46+,47?,48+,49+/m1/s1. The number of likely N-dealkylation sites (tertiary alicyclic amines) is 3. The molecule has 9 rings (SSSR count). The SMILES string of the molecule is COC(=O)N[C@H](C(=O)N1CCCC1c1nc2ccc([C@H]3CC[C@H](c4ccc5c(c4)N=C([C@@H]4CCCN4C(=O)[C@@H](NC(=O)OC)C(C)C)C5)N3c3ccc(OCCN4CCCCC4)cc3)cc2[nH]1)C(C)C. The molecule has 3 N–H and O–H groups in total. The van der Waals surface area contributed by atoms with Crippen LogP contribution in [0.15, 0.2) is 65.7 Å². The van der Waals surface area contributed by atoms with Crippen molar-refractivity contribution in [3.05, 3.63) is 83.2 Å². The second-order valence-corrected chi connectivity index (χ2v) is 20.4. The fraction of sp³-hybridized carbons (Fsp3) is 0.556. The Morgan fingerprint density at radius 1 is 0.686 bits per heavy atom. The van der Waals surface area contributed by atoms with E-state index in [0.29, 0.717) is 26.1 Å². The molecule has 5 aliphatic rings. The number of fused-ring (bicyclic) bond motifs is 2. The summed E-state index contributed by atoms with van der Waals surface area (Å²) in [6.45, 7) is 12.8. The molecule has 4 aromatic rings. The predicted octanol–water partition coefficient (Wildman–Crippen LogP) is 8.55. The first kappa shape index (κ1) is 48.8. The highest BCUT2D eigenvalue weighted by molar-refractivity contribution is 6.01. The Labute approximate surface area is 411 Å². The molecule has 3 aromatic carbocycles. The largest absolute Gasteiger partial charge is 0.492 e. The lowest BCUT2D eigenvalue weighted by molar-refractivity contribution is -0.135. The number of hydrogen-bond donors (Lipinski definition) is 3.